The van der Waals surface area contributed by atoms with Crippen LogP contribution in [0.1, 0.15) is 25.3 Å². The van der Waals surface area contributed by atoms with E-state index >= 15 is 0 Å². The van der Waals surface area contributed by atoms with Crippen molar-refractivity contribution in [1.29, 1.82) is 0 Å². The van der Waals surface area contributed by atoms with E-state index in [4.69, 9.17) is 0 Å². The van der Waals surface area contributed by atoms with Crippen molar-refractivity contribution in [2.45, 2.75) is 19.8 Å². The molecule has 0 nitrogen and oxygen atoms in total. The lowest BCUT2D eigenvalue weighted by atomic mass is 10.0. The van der Waals surface area contributed by atoms with E-state index in [1.165, 1.54) is 36.9 Å². The van der Waals surface area contributed by atoms with Gasteiger partial charge in [0.15, 0.2) is 0 Å². The summed E-state index contributed by atoms with van der Waals surface area (Å²) in [5.74, 6) is 0.578. The highest BCUT2D eigenvalue weighted by Gasteiger charge is 2.08. The normalized spacial score (nSPS) is 11.6. The van der Waals surface area contributed by atoms with E-state index in [1.54, 1.807) is 0 Å². The molecule has 0 aliphatic heterocycles. The van der Waals surface area contributed by atoms with Gasteiger partial charge in [-0.05, 0) is 34.7 Å². The lowest BCUT2D eigenvalue weighted by molar-refractivity contribution is 0.869. The molecular weight excluding hydrogens is 284 g/mol. The second-order valence-electron chi connectivity index (χ2n) is 6.09. The Morgan fingerprint density at radius 2 is 1.36 bits per heavy atom. The summed E-state index contributed by atoms with van der Waals surface area (Å²) in [5.41, 5.74) is 4.00. The molecule has 0 fully saturated rings. The Labute approximate surface area is 135 Å². The molecule has 0 unspecified atom stereocenters. The van der Waals surface area contributed by atoms with E-state index in [0.717, 1.165) is 0 Å². The Morgan fingerprint density at radius 3 is 2.09 bits per heavy atom. The van der Waals surface area contributed by atoms with Crippen LogP contribution >= 0.6 is 11.3 Å². The van der Waals surface area contributed by atoms with E-state index < -0.39 is 0 Å². The minimum absolute atomic E-state index is 0.578. The van der Waals surface area contributed by atoms with Crippen LogP contribution in [0.15, 0.2) is 66.7 Å². The number of rotatable bonds is 2. The third-order valence-corrected chi connectivity index (χ3v) is 5.39. The second-order valence-corrected chi connectivity index (χ2v) is 7.17. The van der Waals surface area contributed by atoms with Gasteiger partial charge in [0.25, 0.3) is 0 Å². The van der Waals surface area contributed by atoms with Gasteiger partial charge in [-0.2, -0.15) is 0 Å². The molecular formula is C21H18S. The van der Waals surface area contributed by atoms with Gasteiger partial charge in [0.1, 0.15) is 0 Å². The first-order valence-electron chi connectivity index (χ1n) is 7.74. The third-order valence-electron chi connectivity index (χ3n) is 4.27. The third kappa shape index (κ3) is 2.22. The quantitative estimate of drug-likeness (QED) is 0.380. The van der Waals surface area contributed by atoms with Crippen molar-refractivity contribution < 1.29 is 0 Å². The van der Waals surface area contributed by atoms with Crippen molar-refractivity contribution in [3.05, 3.63) is 72.3 Å². The largest absolute Gasteiger partial charge is 0.135 e. The molecule has 0 N–H and O–H groups in total. The van der Waals surface area contributed by atoms with Crippen molar-refractivity contribution in [2.75, 3.05) is 0 Å². The van der Waals surface area contributed by atoms with Crippen LogP contribution in [0.3, 0.4) is 0 Å². The van der Waals surface area contributed by atoms with Gasteiger partial charge in [-0.1, -0.05) is 68.4 Å². The van der Waals surface area contributed by atoms with Crippen molar-refractivity contribution in [3.63, 3.8) is 0 Å². The van der Waals surface area contributed by atoms with Crippen molar-refractivity contribution in [3.8, 4) is 11.1 Å². The number of hydrogen-bond acceptors (Lipinski definition) is 1. The maximum absolute atomic E-state index is 2.35. The highest BCUT2D eigenvalue weighted by Crippen LogP contribution is 2.37. The summed E-state index contributed by atoms with van der Waals surface area (Å²) in [4.78, 5) is 0. The number of fused-ring (bicyclic) bond motifs is 3. The molecule has 0 spiro atoms. The first-order chi connectivity index (χ1) is 10.7. The maximum Gasteiger partial charge on any atom is 0.0361 e. The molecule has 1 heteroatoms. The van der Waals surface area contributed by atoms with E-state index in [2.05, 4.69) is 80.6 Å². The second kappa shape index (κ2) is 5.26. The van der Waals surface area contributed by atoms with Crippen LogP contribution in [0.2, 0.25) is 0 Å². The van der Waals surface area contributed by atoms with E-state index in [1.807, 2.05) is 11.3 Å². The minimum atomic E-state index is 0.578. The van der Waals surface area contributed by atoms with Gasteiger partial charge in [-0.15, -0.1) is 11.3 Å². The Morgan fingerprint density at radius 1 is 0.682 bits per heavy atom. The predicted molar refractivity (Wildman–Crippen MR) is 98.9 cm³/mol. The number of benzene rings is 3. The van der Waals surface area contributed by atoms with E-state index in [-0.39, 0.29) is 0 Å². The van der Waals surface area contributed by atoms with Crippen LogP contribution in [-0.2, 0) is 0 Å². The topological polar surface area (TPSA) is 0 Å². The number of hydrogen-bond donors (Lipinski definition) is 0. The molecule has 1 aromatic heterocycles. The van der Waals surface area contributed by atoms with Crippen LogP contribution in [0.4, 0.5) is 0 Å². The smallest absolute Gasteiger partial charge is 0.0361 e. The van der Waals surface area contributed by atoms with Gasteiger partial charge in [-0.3, -0.25) is 0 Å². The van der Waals surface area contributed by atoms with Gasteiger partial charge in [-0.25, -0.2) is 0 Å². The molecule has 0 saturated heterocycles. The molecule has 0 saturated carbocycles. The van der Waals surface area contributed by atoms with Gasteiger partial charge in [0, 0.05) is 20.2 Å². The summed E-state index contributed by atoms with van der Waals surface area (Å²) >= 11 is 1.90. The fourth-order valence-corrected chi connectivity index (χ4v) is 4.16. The molecule has 0 aliphatic rings. The minimum Gasteiger partial charge on any atom is -0.135 e. The van der Waals surface area contributed by atoms with Crippen LogP contribution in [0, 0.1) is 0 Å². The Balaban J connectivity index is 1.91. The van der Waals surface area contributed by atoms with Crippen LogP contribution in [0.25, 0.3) is 31.3 Å². The SMILES string of the molecule is CC(C)c1ccc2c(c1)sc1cc(-c3ccccc3)ccc12. The summed E-state index contributed by atoms with van der Waals surface area (Å²) in [6.45, 7) is 4.50. The molecule has 4 aromatic rings. The zero-order valence-electron chi connectivity index (χ0n) is 12.8. The molecule has 22 heavy (non-hydrogen) atoms. The molecule has 0 bridgehead atoms. The van der Waals surface area contributed by atoms with E-state index in [9.17, 15) is 0 Å². The fraction of sp³-hybridized carbons (Fsp3) is 0.143. The summed E-state index contributed by atoms with van der Waals surface area (Å²) in [6.07, 6.45) is 0. The van der Waals surface area contributed by atoms with Gasteiger partial charge < -0.3 is 0 Å². The standard InChI is InChI=1S/C21H18S/c1-14(2)16-8-10-18-19-11-9-17(15-6-4-3-5-7-15)13-21(19)22-20(18)12-16/h3-14H,1-2H3. The first kappa shape index (κ1) is 13.5. The molecule has 0 atom stereocenters. The average Bonchev–Trinajstić information content (AvgIpc) is 2.92. The summed E-state index contributed by atoms with van der Waals surface area (Å²) in [7, 11) is 0. The highest BCUT2D eigenvalue weighted by molar-refractivity contribution is 7.25. The molecule has 0 radical (unpaired) electrons. The predicted octanol–water partition coefficient (Wildman–Crippen LogP) is 6.84. The summed E-state index contributed by atoms with van der Waals surface area (Å²) in [5, 5.41) is 2.75. The monoisotopic (exact) mass is 302 g/mol. The highest BCUT2D eigenvalue weighted by atomic mass is 32.1. The van der Waals surface area contributed by atoms with Crippen molar-refractivity contribution in [1.82, 2.24) is 0 Å². The zero-order chi connectivity index (χ0) is 15.1. The average molecular weight is 302 g/mol. The maximum atomic E-state index is 2.35. The Hall–Kier alpha value is -2.12. The Bertz CT molecular complexity index is 946. The molecule has 0 amide bonds. The summed E-state index contributed by atoms with van der Waals surface area (Å²) in [6, 6.07) is 24.3. The summed E-state index contributed by atoms with van der Waals surface area (Å²) < 4.78 is 2.77. The van der Waals surface area contributed by atoms with Gasteiger partial charge in [0.2, 0.25) is 0 Å². The van der Waals surface area contributed by atoms with Gasteiger partial charge >= 0.3 is 0 Å². The lowest BCUT2D eigenvalue weighted by Gasteiger charge is -2.04. The molecule has 108 valence electrons. The van der Waals surface area contributed by atoms with Crippen LogP contribution in [0.5, 0.6) is 0 Å². The number of thiophene rings is 1. The van der Waals surface area contributed by atoms with Crippen molar-refractivity contribution in [2.24, 2.45) is 0 Å². The zero-order valence-corrected chi connectivity index (χ0v) is 13.7. The lowest BCUT2D eigenvalue weighted by Crippen LogP contribution is -1.84. The van der Waals surface area contributed by atoms with Crippen LogP contribution in [-0.4, -0.2) is 0 Å². The molecule has 0 aliphatic carbocycles. The van der Waals surface area contributed by atoms with Crippen molar-refractivity contribution >= 4 is 31.5 Å². The van der Waals surface area contributed by atoms with Gasteiger partial charge in [0.05, 0.1) is 0 Å². The molecule has 4 rings (SSSR count). The molecule has 3 aromatic carbocycles. The fourth-order valence-electron chi connectivity index (χ4n) is 2.96. The van der Waals surface area contributed by atoms with Crippen LogP contribution < -0.4 is 0 Å². The first-order valence-corrected chi connectivity index (χ1v) is 8.55. The Kier molecular flexibility index (Phi) is 3.24. The molecule has 1 heterocycles. The van der Waals surface area contributed by atoms with E-state index in [0.29, 0.717) is 5.92 Å².